The molecule has 0 aliphatic rings. The number of hydrogen-bond donors (Lipinski definition) is 1. The number of rotatable bonds is 6. The highest BCUT2D eigenvalue weighted by Gasteiger charge is 2.12. The van der Waals surface area contributed by atoms with Gasteiger partial charge in [-0.3, -0.25) is 9.59 Å². The largest absolute Gasteiger partial charge is 0.455 e. The van der Waals surface area contributed by atoms with E-state index in [4.69, 9.17) is 4.74 Å². The second-order valence-electron chi connectivity index (χ2n) is 5.76. The van der Waals surface area contributed by atoms with Gasteiger partial charge in [0.15, 0.2) is 6.61 Å². The molecule has 5 heteroatoms. The average molecular weight is 329 g/mol. The molecule has 0 saturated heterocycles. The first kappa shape index (κ1) is 17.7. The van der Waals surface area contributed by atoms with Crippen molar-refractivity contribution in [2.75, 3.05) is 11.9 Å². The normalized spacial score (nSPS) is 10.5. The lowest BCUT2D eigenvalue weighted by Crippen LogP contribution is -2.22. The summed E-state index contributed by atoms with van der Waals surface area (Å²) >= 11 is 0. The molecule has 2 aromatic rings. The van der Waals surface area contributed by atoms with Crippen molar-refractivity contribution < 1.29 is 18.7 Å². The van der Waals surface area contributed by atoms with Gasteiger partial charge in [0.1, 0.15) is 5.82 Å². The van der Waals surface area contributed by atoms with Crippen LogP contribution >= 0.6 is 0 Å². The first-order valence-electron chi connectivity index (χ1n) is 7.74. The van der Waals surface area contributed by atoms with Crippen LogP contribution in [0.2, 0.25) is 0 Å². The van der Waals surface area contributed by atoms with E-state index in [-0.39, 0.29) is 18.9 Å². The number of amides is 1. The van der Waals surface area contributed by atoms with Crippen LogP contribution in [-0.2, 0) is 20.7 Å². The number of esters is 1. The highest BCUT2D eigenvalue weighted by molar-refractivity contribution is 5.93. The lowest BCUT2D eigenvalue weighted by Gasteiger charge is -2.13. The molecule has 126 valence electrons. The standard InChI is InChI=1S/C19H20FNO3/c1-13(2)16-8-3-4-9-17(16)21-18(22)12-24-19(23)11-14-6-5-7-15(20)10-14/h3-10,13H,11-12H2,1-2H3,(H,21,22). The summed E-state index contributed by atoms with van der Waals surface area (Å²) in [4.78, 5) is 23.7. The van der Waals surface area contributed by atoms with Crippen molar-refractivity contribution in [1.29, 1.82) is 0 Å². The predicted molar refractivity (Wildman–Crippen MR) is 90.2 cm³/mol. The topological polar surface area (TPSA) is 55.4 Å². The summed E-state index contributed by atoms with van der Waals surface area (Å²) in [6.07, 6.45) is -0.0758. The molecule has 2 aromatic carbocycles. The number of nitrogens with one attached hydrogen (secondary N) is 1. The van der Waals surface area contributed by atoms with E-state index >= 15 is 0 Å². The first-order valence-corrected chi connectivity index (χ1v) is 7.74. The number of carbonyl (C=O) groups excluding carboxylic acids is 2. The summed E-state index contributed by atoms with van der Waals surface area (Å²) in [7, 11) is 0. The molecule has 0 aliphatic heterocycles. The number of ether oxygens (including phenoxy) is 1. The molecule has 0 aliphatic carbocycles. The van der Waals surface area contributed by atoms with Crippen LogP contribution in [0.25, 0.3) is 0 Å². The van der Waals surface area contributed by atoms with E-state index in [0.717, 1.165) is 5.56 Å². The van der Waals surface area contributed by atoms with Gasteiger partial charge in [-0.1, -0.05) is 44.2 Å². The van der Waals surface area contributed by atoms with Gasteiger partial charge in [-0.15, -0.1) is 0 Å². The molecule has 0 heterocycles. The predicted octanol–water partition coefficient (Wildman–Crippen LogP) is 3.67. The number of halogens is 1. The van der Waals surface area contributed by atoms with E-state index in [1.165, 1.54) is 18.2 Å². The minimum absolute atomic E-state index is 0.0758. The summed E-state index contributed by atoms with van der Waals surface area (Å²) in [6.45, 7) is 3.69. The summed E-state index contributed by atoms with van der Waals surface area (Å²) in [5.41, 5.74) is 2.22. The smallest absolute Gasteiger partial charge is 0.310 e. The van der Waals surface area contributed by atoms with Crippen LogP contribution in [-0.4, -0.2) is 18.5 Å². The Bertz CT molecular complexity index is 728. The van der Waals surface area contributed by atoms with Crippen LogP contribution in [0.5, 0.6) is 0 Å². The molecule has 0 bridgehead atoms. The maximum Gasteiger partial charge on any atom is 0.310 e. The van der Waals surface area contributed by atoms with Crippen LogP contribution in [0.3, 0.4) is 0 Å². The van der Waals surface area contributed by atoms with Gasteiger partial charge in [0.25, 0.3) is 5.91 Å². The molecule has 24 heavy (non-hydrogen) atoms. The van der Waals surface area contributed by atoms with Crippen LogP contribution in [0.4, 0.5) is 10.1 Å². The number of para-hydroxylation sites is 1. The minimum Gasteiger partial charge on any atom is -0.455 e. The Hall–Kier alpha value is -2.69. The Kier molecular flexibility index (Phi) is 6.07. The molecule has 0 unspecified atom stereocenters. The second kappa shape index (κ2) is 8.24. The van der Waals surface area contributed by atoms with Gasteiger partial charge < -0.3 is 10.1 Å². The monoisotopic (exact) mass is 329 g/mol. The zero-order valence-electron chi connectivity index (χ0n) is 13.7. The van der Waals surface area contributed by atoms with Crippen molar-refractivity contribution in [3.8, 4) is 0 Å². The lowest BCUT2D eigenvalue weighted by molar-refractivity contribution is -0.146. The zero-order valence-corrected chi connectivity index (χ0v) is 13.7. The quantitative estimate of drug-likeness (QED) is 0.823. The molecule has 1 N–H and O–H groups in total. The van der Waals surface area contributed by atoms with Gasteiger partial charge in [-0.05, 0) is 35.2 Å². The van der Waals surface area contributed by atoms with Crippen molar-refractivity contribution in [1.82, 2.24) is 0 Å². The maximum atomic E-state index is 13.1. The summed E-state index contributed by atoms with van der Waals surface area (Å²) in [6, 6.07) is 13.2. The number of anilines is 1. The van der Waals surface area contributed by atoms with Crippen molar-refractivity contribution >= 4 is 17.6 Å². The van der Waals surface area contributed by atoms with Gasteiger partial charge in [0.2, 0.25) is 0 Å². The highest BCUT2D eigenvalue weighted by atomic mass is 19.1. The number of hydrogen-bond acceptors (Lipinski definition) is 3. The maximum absolute atomic E-state index is 13.1. The SMILES string of the molecule is CC(C)c1ccccc1NC(=O)COC(=O)Cc1cccc(F)c1. The number of carbonyl (C=O) groups is 2. The van der Waals surface area contributed by atoms with E-state index in [1.807, 2.05) is 38.1 Å². The molecule has 4 nitrogen and oxygen atoms in total. The van der Waals surface area contributed by atoms with Gasteiger partial charge in [0, 0.05) is 5.69 Å². The third-order valence-corrected chi connectivity index (χ3v) is 3.46. The lowest BCUT2D eigenvalue weighted by atomic mass is 10.0. The van der Waals surface area contributed by atoms with Crippen molar-refractivity contribution in [3.05, 3.63) is 65.5 Å². The third kappa shape index (κ3) is 5.19. The summed E-state index contributed by atoms with van der Waals surface area (Å²) in [5.74, 6) is -1.14. The van der Waals surface area contributed by atoms with Crippen molar-refractivity contribution in [2.45, 2.75) is 26.2 Å². The Balaban J connectivity index is 1.86. The molecule has 1 amide bonds. The van der Waals surface area contributed by atoms with Crippen LogP contribution in [0, 0.1) is 5.82 Å². The van der Waals surface area contributed by atoms with E-state index in [1.54, 1.807) is 6.07 Å². The third-order valence-electron chi connectivity index (χ3n) is 3.46. The Labute approximate surface area is 140 Å². The molecule has 0 radical (unpaired) electrons. The average Bonchev–Trinajstić information content (AvgIpc) is 2.53. The zero-order chi connectivity index (χ0) is 17.5. The number of benzene rings is 2. The van der Waals surface area contributed by atoms with E-state index in [9.17, 15) is 14.0 Å². The Morgan fingerprint density at radius 1 is 1.12 bits per heavy atom. The molecule has 0 aromatic heterocycles. The molecule has 0 saturated carbocycles. The first-order chi connectivity index (χ1) is 11.5. The molecule has 0 spiro atoms. The van der Waals surface area contributed by atoms with E-state index in [2.05, 4.69) is 5.32 Å². The molecule has 0 fully saturated rings. The van der Waals surface area contributed by atoms with E-state index < -0.39 is 17.7 Å². The van der Waals surface area contributed by atoms with Crippen LogP contribution in [0.1, 0.15) is 30.9 Å². The highest BCUT2D eigenvalue weighted by Crippen LogP contribution is 2.23. The minimum atomic E-state index is -0.576. The van der Waals surface area contributed by atoms with Gasteiger partial charge in [-0.2, -0.15) is 0 Å². The fourth-order valence-corrected chi connectivity index (χ4v) is 2.31. The Morgan fingerprint density at radius 3 is 2.58 bits per heavy atom. The van der Waals surface area contributed by atoms with Crippen molar-refractivity contribution in [2.24, 2.45) is 0 Å². The van der Waals surface area contributed by atoms with Gasteiger partial charge in [0.05, 0.1) is 6.42 Å². The molecule has 2 rings (SSSR count). The fraction of sp³-hybridized carbons (Fsp3) is 0.263. The summed E-state index contributed by atoms with van der Waals surface area (Å²) < 4.78 is 18.0. The summed E-state index contributed by atoms with van der Waals surface area (Å²) in [5, 5.41) is 2.74. The van der Waals surface area contributed by atoms with E-state index in [0.29, 0.717) is 11.3 Å². The molecular formula is C19H20FNO3. The second-order valence-corrected chi connectivity index (χ2v) is 5.76. The Morgan fingerprint density at radius 2 is 1.88 bits per heavy atom. The van der Waals surface area contributed by atoms with Crippen LogP contribution in [0.15, 0.2) is 48.5 Å². The van der Waals surface area contributed by atoms with Crippen LogP contribution < -0.4 is 5.32 Å². The van der Waals surface area contributed by atoms with Crippen molar-refractivity contribution in [3.63, 3.8) is 0 Å². The molecular weight excluding hydrogens is 309 g/mol. The van der Waals surface area contributed by atoms with Gasteiger partial charge in [-0.25, -0.2) is 4.39 Å². The molecule has 0 atom stereocenters. The van der Waals surface area contributed by atoms with Gasteiger partial charge >= 0.3 is 5.97 Å². The fourth-order valence-electron chi connectivity index (χ4n) is 2.31.